The SMILES string of the molecule is COc1ccc(COS(=O)(=O)C(F)(F)F)cc1.N. The van der Waals surface area contributed by atoms with E-state index >= 15 is 0 Å². The lowest BCUT2D eigenvalue weighted by Crippen LogP contribution is -2.25. The summed E-state index contributed by atoms with van der Waals surface area (Å²) >= 11 is 0. The first-order valence-electron chi connectivity index (χ1n) is 4.35. The Morgan fingerprint density at radius 3 is 2.06 bits per heavy atom. The molecule has 0 heterocycles. The van der Waals surface area contributed by atoms with Gasteiger partial charge in [0.15, 0.2) is 0 Å². The number of methoxy groups -OCH3 is 1. The molecule has 1 rings (SSSR count). The Bertz CT molecular complexity index is 470. The third-order valence-electron chi connectivity index (χ3n) is 1.82. The van der Waals surface area contributed by atoms with E-state index in [0.29, 0.717) is 11.3 Å². The summed E-state index contributed by atoms with van der Waals surface area (Å²) in [5.74, 6) is 0.507. The van der Waals surface area contributed by atoms with Gasteiger partial charge in [0, 0.05) is 0 Å². The fourth-order valence-electron chi connectivity index (χ4n) is 0.934. The van der Waals surface area contributed by atoms with Gasteiger partial charge in [-0.3, -0.25) is 4.18 Å². The molecule has 0 fully saturated rings. The molecule has 0 aromatic heterocycles. The second-order valence-electron chi connectivity index (χ2n) is 3.01. The van der Waals surface area contributed by atoms with E-state index in [1.807, 2.05) is 0 Å². The predicted molar refractivity (Wildman–Crippen MR) is 57.8 cm³/mol. The Labute approximate surface area is 102 Å². The molecule has 0 amide bonds. The summed E-state index contributed by atoms with van der Waals surface area (Å²) in [6.45, 7) is -0.675. The van der Waals surface area contributed by atoms with E-state index in [-0.39, 0.29) is 6.15 Å². The summed E-state index contributed by atoms with van der Waals surface area (Å²) in [5.41, 5.74) is -5.11. The molecular formula is C9H12F3NO4S. The summed E-state index contributed by atoms with van der Waals surface area (Å²) in [6, 6.07) is 5.78. The maximum atomic E-state index is 11.9. The van der Waals surface area contributed by atoms with Crippen LogP contribution in [-0.4, -0.2) is 21.0 Å². The quantitative estimate of drug-likeness (QED) is 0.677. The van der Waals surface area contributed by atoms with Gasteiger partial charge in [-0.2, -0.15) is 21.6 Å². The van der Waals surface area contributed by atoms with Crippen molar-refractivity contribution in [1.82, 2.24) is 6.15 Å². The molecule has 0 aliphatic carbocycles. The van der Waals surface area contributed by atoms with Crippen LogP contribution < -0.4 is 10.9 Å². The van der Waals surface area contributed by atoms with Gasteiger partial charge in [-0.25, -0.2) is 0 Å². The molecule has 0 saturated carbocycles. The Balaban J connectivity index is 0.00000289. The smallest absolute Gasteiger partial charge is 0.497 e. The van der Waals surface area contributed by atoms with Crippen LogP contribution >= 0.6 is 0 Å². The average Bonchev–Trinajstić information content (AvgIpc) is 2.25. The lowest BCUT2D eigenvalue weighted by molar-refractivity contribution is -0.0547. The van der Waals surface area contributed by atoms with Crippen molar-refractivity contribution >= 4 is 10.1 Å². The van der Waals surface area contributed by atoms with Crippen LogP contribution in [0.2, 0.25) is 0 Å². The molecule has 0 saturated heterocycles. The molecule has 5 nitrogen and oxygen atoms in total. The zero-order chi connectivity index (χ0) is 13.1. The summed E-state index contributed by atoms with van der Waals surface area (Å²) in [5, 5.41) is 0. The minimum Gasteiger partial charge on any atom is -0.497 e. The first-order valence-corrected chi connectivity index (χ1v) is 5.76. The van der Waals surface area contributed by atoms with Crippen LogP contribution in [-0.2, 0) is 20.9 Å². The van der Waals surface area contributed by atoms with Gasteiger partial charge in [-0.05, 0) is 17.7 Å². The monoisotopic (exact) mass is 287 g/mol. The van der Waals surface area contributed by atoms with Gasteiger partial charge < -0.3 is 10.9 Å². The molecule has 1 aromatic rings. The molecule has 18 heavy (non-hydrogen) atoms. The number of benzene rings is 1. The fraction of sp³-hybridized carbons (Fsp3) is 0.333. The van der Waals surface area contributed by atoms with E-state index in [1.54, 1.807) is 0 Å². The molecule has 0 bridgehead atoms. The van der Waals surface area contributed by atoms with Gasteiger partial charge in [-0.15, -0.1) is 0 Å². The van der Waals surface area contributed by atoms with Crippen LogP contribution in [0.25, 0.3) is 0 Å². The third-order valence-corrected chi connectivity index (χ3v) is 2.82. The maximum Gasteiger partial charge on any atom is 0.523 e. The van der Waals surface area contributed by atoms with Crippen molar-refractivity contribution in [2.45, 2.75) is 12.1 Å². The van der Waals surface area contributed by atoms with E-state index < -0.39 is 22.2 Å². The zero-order valence-electron chi connectivity index (χ0n) is 9.40. The van der Waals surface area contributed by atoms with Gasteiger partial charge in [0.05, 0.1) is 13.7 Å². The molecule has 104 valence electrons. The standard InChI is InChI=1S/C9H9F3O4S.H3N/c1-15-8-4-2-7(3-5-8)6-16-17(13,14)9(10,11)12;/h2-5H,6H2,1H3;1H3. The molecule has 9 heteroatoms. The van der Waals surface area contributed by atoms with Crippen molar-refractivity contribution in [3.63, 3.8) is 0 Å². The molecule has 0 aliphatic heterocycles. The van der Waals surface area contributed by atoms with Crippen molar-refractivity contribution in [3.8, 4) is 5.75 Å². The molecule has 3 N–H and O–H groups in total. The van der Waals surface area contributed by atoms with E-state index in [1.165, 1.54) is 31.4 Å². The van der Waals surface area contributed by atoms with E-state index in [0.717, 1.165) is 0 Å². The molecule has 0 spiro atoms. The number of hydrogen-bond donors (Lipinski definition) is 1. The lowest BCUT2D eigenvalue weighted by Gasteiger charge is -2.08. The highest BCUT2D eigenvalue weighted by Crippen LogP contribution is 2.25. The first kappa shape index (κ1) is 16.7. The Morgan fingerprint density at radius 2 is 1.67 bits per heavy atom. The summed E-state index contributed by atoms with van der Waals surface area (Å²) < 4.78 is 65.6. The van der Waals surface area contributed by atoms with Gasteiger partial charge in [0.1, 0.15) is 5.75 Å². The highest BCUT2D eigenvalue weighted by atomic mass is 32.2. The number of alkyl halides is 3. The topological polar surface area (TPSA) is 87.6 Å². The average molecular weight is 287 g/mol. The summed E-state index contributed by atoms with van der Waals surface area (Å²) in [6.07, 6.45) is 0. The molecule has 0 radical (unpaired) electrons. The number of rotatable bonds is 4. The van der Waals surface area contributed by atoms with E-state index in [4.69, 9.17) is 4.74 Å². The van der Waals surface area contributed by atoms with Gasteiger partial charge in [-0.1, -0.05) is 12.1 Å². The van der Waals surface area contributed by atoms with E-state index in [9.17, 15) is 21.6 Å². The second-order valence-corrected chi connectivity index (χ2v) is 4.62. The minimum absolute atomic E-state index is 0. The van der Waals surface area contributed by atoms with Crippen LogP contribution in [0.5, 0.6) is 5.75 Å². The van der Waals surface area contributed by atoms with Crippen molar-refractivity contribution in [2.75, 3.05) is 7.11 Å². The lowest BCUT2D eigenvalue weighted by atomic mass is 10.2. The van der Waals surface area contributed by atoms with Crippen LogP contribution in [0.1, 0.15) is 5.56 Å². The normalized spacial score (nSPS) is 11.8. The summed E-state index contributed by atoms with van der Waals surface area (Å²) in [7, 11) is -4.11. The number of hydrogen-bond acceptors (Lipinski definition) is 5. The van der Waals surface area contributed by atoms with E-state index in [2.05, 4.69) is 4.18 Å². The van der Waals surface area contributed by atoms with Gasteiger partial charge >= 0.3 is 15.6 Å². The molecule has 0 unspecified atom stereocenters. The third kappa shape index (κ3) is 4.17. The Hall–Kier alpha value is -1.32. The van der Waals surface area contributed by atoms with Crippen LogP contribution in [0.3, 0.4) is 0 Å². The molecule has 1 aromatic carbocycles. The van der Waals surface area contributed by atoms with Gasteiger partial charge in [0.25, 0.3) is 0 Å². The minimum atomic E-state index is -5.54. The Morgan fingerprint density at radius 1 is 1.17 bits per heavy atom. The molecule has 0 aliphatic rings. The maximum absolute atomic E-state index is 11.9. The van der Waals surface area contributed by atoms with Crippen molar-refractivity contribution in [3.05, 3.63) is 29.8 Å². The van der Waals surface area contributed by atoms with Crippen molar-refractivity contribution in [1.29, 1.82) is 0 Å². The van der Waals surface area contributed by atoms with Crippen LogP contribution in [0, 0.1) is 0 Å². The van der Waals surface area contributed by atoms with Crippen molar-refractivity contribution in [2.24, 2.45) is 0 Å². The highest BCUT2D eigenvalue weighted by molar-refractivity contribution is 7.87. The van der Waals surface area contributed by atoms with Gasteiger partial charge in [0.2, 0.25) is 0 Å². The number of ether oxygens (including phenoxy) is 1. The zero-order valence-corrected chi connectivity index (χ0v) is 10.2. The highest BCUT2D eigenvalue weighted by Gasteiger charge is 2.47. The molecular weight excluding hydrogens is 275 g/mol. The molecule has 0 atom stereocenters. The first-order chi connectivity index (χ1) is 7.76. The summed E-state index contributed by atoms with van der Waals surface area (Å²) in [4.78, 5) is 0. The van der Waals surface area contributed by atoms with Crippen LogP contribution in [0.15, 0.2) is 24.3 Å². The largest absolute Gasteiger partial charge is 0.523 e. The second kappa shape index (κ2) is 6.03. The number of halogens is 3. The van der Waals surface area contributed by atoms with Crippen molar-refractivity contribution < 1.29 is 30.5 Å². The fourth-order valence-corrected chi connectivity index (χ4v) is 1.36. The van der Waals surface area contributed by atoms with Crippen LogP contribution in [0.4, 0.5) is 13.2 Å². The Kier molecular flexibility index (Phi) is 5.58. The predicted octanol–water partition coefficient (Wildman–Crippen LogP) is 2.22.